The first kappa shape index (κ1) is 3.96. The number of hydrogen-bond donors (Lipinski definition) is 0. The first-order chi connectivity index (χ1) is 4.33. The normalized spacial score (nSPS) is 10.4. The lowest BCUT2D eigenvalue weighted by molar-refractivity contribution is 0.415. The third-order valence-corrected chi connectivity index (χ3v) is 0.923. The van der Waals surface area contributed by atoms with Crippen LogP contribution in [0.3, 0.4) is 0 Å². The smallest absolute Gasteiger partial charge is 0.118 e. The minimum atomic E-state index is 0.510. The zero-order chi connectivity index (χ0) is 6.69. The van der Waals surface area contributed by atoms with Crippen molar-refractivity contribution in [2.24, 2.45) is 0 Å². The van der Waals surface area contributed by atoms with E-state index in [1.54, 1.807) is 31.4 Å². The number of rotatable bonds is 1. The summed E-state index contributed by atoms with van der Waals surface area (Å²) in [5, 5.41) is 0. The maximum Gasteiger partial charge on any atom is 0.118 e. The molecule has 8 heavy (non-hydrogen) atoms. The quantitative estimate of drug-likeness (QED) is 0.533. The van der Waals surface area contributed by atoms with Gasteiger partial charge in [-0.15, -0.1) is 0 Å². The average molecular weight is 109 g/mol. The van der Waals surface area contributed by atoms with Crippen molar-refractivity contribution in [3.05, 3.63) is 30.3 Å². The van der Waals surface area contributed by atoms with Crippen LogP contribution in [0.25, 0.3) is 0 Å². The van der Waals surface area contributed by atoms with Crippen LogP contribution in [-0.4, -0.2) is 7.11 Å². The molecule has 42 valence electrons. The maximum atomic E-state index is 7.11. The Hall–Kier alpha value is -0.980. The Bertz CT molecular complexity index is 181. The molecular weight excluding hydrogens is 100 g/mol. The van der Waals surface area contributed by atoms with E-state index < -0.39 is 0 Å². The minimum Gasteiger partial charge on any atom is -0.497 e. The third-order valence-electron chi connectivity index (χ3n) is 0.923. The summed E-state index contributed by atoms with van der Waals surface area (Å²) in [4.78, 5) is 0. The monoisotopic (exact) mass is 109 g/mol. The Morgan fingerprint density at radius 3 is 2.62 bits per heavy atom. The van der Waals surface area contributed by atoms with Crippen LogP contribution >= 0.6 is 0 Å². The van der Waals surface area contributed by atoms with Crippen molar-refractivity contribution < 1.29 is 6.11 Å². The number of benzene rings is 1. The zero-order valence-electron chi connectivity index (χ0n) is 5.72. The van der Waals surface area contributed by atoms with Crippen LogP contribution in [0.1, 0.15) is 1.37 Å². The van der Waals surface area contributed by atoms with E-state index in [0.717, 1.165) is 5.75 Å². The van der Waals surface area contributed by atoms with Crippen molar-refractivity contribution in [2.75, 3.05) is 7.11 Å². The molecule has 1 aromatic carbocycles. The number of hydrogen-bond acceptors (Lipinski definition) is 1. The molecule has 0 aromatic heterocycles. The standard InChI is InChI=1S/C7H8O/c1-8-7-5-3-2-4-6-7/h2-6H,1H3/i2D. The topological polar surface area (TPSA) is 9.23 Å². The van der Waals surface area contributed by atoms with Crippen molar-refractivity contribution in [2.45, 2.75) is 0 Å². The van der Waals surface area contributed by atoms with Crippen molar-refractivity contribution >= 4 is 0 Å². The lowest BCUT2D eigenvalue weighted by Gasteiger charge is -1.93. The van der Waals surface area contributed by atoms with E-state index in [0.29, 0.717) is 6.04 Å². The van der Waals surface area contributed by atoms with E-state index in [2.05, 4.69) is 0 Å². The van der Waals surface area contributed by atoms with Crippen LogP contribution in [0, 0.1) is 0 Å². The van der Waals surface area contributed by atoms with E-state index in [4.69, 9.17) is 6.11 Å². The van der Waals surface area contributed by atoms with Gasteiger partial charge in [-0.05, 0) is 12.1 Å². The van der Waals surface area contributed by atoms with Crippen LogP contribution < -0.4 is 4.74 Å². The van der Waals surface area contributed by atoms with Gasteiger partial charge in [-0.3, -0.25) is 0 Å². The van der Waals surface area contributed by atoms with Crippen molar-refractivity contribution in [3.63, 3.8) is 0 Å². The summed E-state index contributed by atoms with van der Waals surface area (Å²) in [5.74, 6) is 0.797. The Kier molecular flexibility index (Phi) is 1.17. The first-order valence-corrected chi connectivity index (χ1v) is 2.43. The Morgan fingerprint density at radius 2 is 2.12 bits per heavy atom. The van der Waals surface area contributed by atoms with Crippen LogP contribution in [0.15, 0.2) is 30.3 Å². The summed E-state index contributed by atoms with van der Waals surface area (Å²) in [5.41, 5.74) is 0. The fraction of sp³-hybridized carbons (Fsp3) is 0.143. The molecule has 1 aromatic rings. The van der Waals surface area contributed by atoms with Gasteiger partial charge in [0.15, 0.2) is 0 Å². The van der Waals surface area contributed by atoms with Gasteiger partial charge in [0.2, 0.25) is 0 Å². The predicted octanol–water partition coefficient (Wildman–Crippen LogP) is 1.70. The SMILES string of the molecule is [2H]c1ccc(OC)cc1. The second-order valence-corrected chi connectivity index (χ2v) is 1.44. The van der Waals surface area contributed by atoms with Gasteiger partial charge in [0.05, 0.1) is 8.48 Å². The molecule has 0 spiro atoms. The number of para-hydroxylation sites is 1. The lowest BCUT2D eigenvalue weighted by Crippen LogP contribution is -1.78. The molecule has 0 aliphatic heterocycles. The zero-order valence-corrected chi connectivity index (χ0v) is 4.72. The van der Waals surface area contributed by atoms with E-state index in [9.17, 15) is 0 Å². The fourth-order valence-electron chi connectivity index (χ4n) is 0.508. The molecule has 0 radical (unpaired) electrons. The van der Waals surface area contributed by atoms with Gasteiger partial charge in [-0.1, -0.05) is 18.2 Å². The average Bonchev–Trinajstić information content (AvgIpc) is 1.90. The molecule has 0 heterocycles. The molecule has 0 unspecified atom stereocenters. The van der Waals surface area contributed by atoms with Crippen LogP contribution in [0.4, 0.5) is 0 Å². The highest BCUT2D eigenvalue weighted by atomic mass is 16.5. The summed E-state index contributed by atoms with van der Waals surface area (Å²) < 4.78 is 12.0. The summed E-state index contributed by atoms with van der Waals surface area (Å²) >= 11 is 0. The number of ether oxygens (including phenoxy) is 1. The van der Waals surface area contributed by atoms with Gasteiger partial charge in [0, 0.05) is 0 Å². The molecule has 0 saturated heterocycles. The predicted molar refractivity (Wildman–Crippen MR) is 33.0 cm³/mol. The largest absolute Gasteiger partial charge is 0.497 e. The summed E-state index contributed by atoms with van der Waals surface area (Å²) in [6.07, 6.45) is 0. The molecule has 0 atom stereocenters. The molecule has 0 aliphatic rings. The molecule has 1 nitrogen and oxygen atoms in total. The Labute approximate surface area is 50.3 Å². The highest BCUT2D eigenvalue weighted by Crippen LogP contribution is 2.05. The van der Waals surface area contributed by atoms with Crippen LogP contribution in [0.2, 0.25) is 0 Å². The maximum absolute atomic E-state index is 7.11. The van der Waals surface area contributed by atoms with Gasteiger partial charge in [0.25, 0.3) is 0 Å². The second-order valence-electron chi connectivity index (χ2n) is 1.44. The molecule has 0 amide bonds. The first-order valence-electron chi connectivity index (χ1n) is 2.93. The molecule has 0 N–H and O–H groups in total. The van der Waals surface area contributed by atoms with Gasteiger partial charge in [0.1, 0.15) is 5.75 Å². The summed E-state index contributed by atoms with van der Waals surface area (Å²) in [7, 11) is 1.61. The summed E-state index contributed by atoms with van der Waals surface area (Å²) in [6.45, 7) is 0. The third kappa shape index (κ3) is 0.997. The van der Waals surface area contributed by atoms with Crippen LogP contribution in [-0.2, 0) is 0 Å². The van der Waals surface area contributed by atoms with Crippen LogP contribution in [0.5, 0.6) is 5.75 Å². The lowest BCUT2D eigenvalue weighted by atomic mass is 10.3. The van der Waals surface area contributed by atoms with Crippen molar-refractivity contribution in [3.8, 4) is 5.75 Å². The Morgan fingerprint density at radius 1 is 1.50 bits per heavy atom. The van der Waals surface area contributed by atoms with Crippen molar-refractivity contribution in [1.82, 2.24) is 0 Å². The van der Waals surface area contributed by atoms with Gasteiger partial charge in [-0.2, -0.15) is 0 Å². The molecule has 1 rings (SSSR count). The molecule has 0 aliphatic carbocycles. The second kappa shape index (κ2) is 2.36. The highest BCUT2D eigenvalue weighted by Gasteiger charge is 1.80. The minimum absolute atomic E-state index is 0.510. The molecular formula is C7H8O. The van der Waals surface area contributed by atoms with Gasteiger partial charge < -0.3 is 4.74 Å². The fourth-order valence-corrected chi connectivity index (χ4v) is 0.508. The van der Waals surface area contributed by atoms with E-state index in [1.165, 1.54) is 0 Å². The van der Waals surface area contributed by atoms with Gasteiger partial charge >= 0.3 is 0 Å². The molecule has 0 bridgehead atoms. The molecule has 0 fully saturated rings. The van der Waals surface area contributed by atoms with E-state index >= 15 is 0 Å². The van der Waals surface area contributed by atoms with Crippen molar-refractivity contribution in [1.29, 1.82) is 0 Å². The number of methoxy groups -OCH3 is 1. The highest BCUT2D eigenvalue weighted by molar-refractivity contribution is 5.20. The van der Waals surface area contributed by atoms with E-state index in [-0.39, 0.29) is 0 Å². The molecule has 1 heteroatoms. The van der Waals surface area contributed by atoms with Gasteiger partial charge in [-0.25, -0.2) is 0 Å². The summed E-state index contributed by atoms with van der Waals surface area (Å²) in [6, 6.07) is 7.43. The molecule has 0 saturated carbocycles. The Balaban J connectivity index is 2.88. The van der Waals surface area contributed by atoms with E-state index in [1.807, 2.05) is 0 Å².